The molecule has 4 bridgehead atoms. The molecule has 9 rings (SSSR count). The van der Waals surface area contributed by atoms with Gasteiger partial charge in [-0.25, -0.2) is 4.79 Å². The van der Waals surface area contributed by atoms with Crippen LogP contribution in [0.2, 0.25) is 0 Å². The first-order valence-electron chi connectivity index (χ1n) is 19.4. The minimum Gasteiger partial charge on any atom is -0.472 e. The Morgan fingerprint density at radius 3 is 2.21 bits per heavy atom. The molecule has 57 heavy (non-hydrogen) atoms. The van der Waals surface area contributed by atoms with Gasteiger partial charge in [-0.15, -0.1) is 0 Å². The van der Waals surface area contributed by atoms with E-state index in [0.29, 0.717) is 5.56 Å². The van der Waals surface area contributed by atoms with Gasteiger partial charge in [0.05, 0.1) is 37.6 Å². The quantitative estimate of drug-likeness (QED) is 0.199. The maximum absolute atomic E-state index is 14.3. The van der Waals surface area contributed by atoms with Gasteiger partial charge in [-0.1, -0.05) is 13.8 Å². The van der Waals surface area contributed by atoms with Crippen LogP contribution in [0.4, 0.5) is 0 Å². The normalized spacial score (nSPS) is 49.5. The Hall–Kier alpha value is -4.06. The smallest absolute Gasteiger partial charge is 0.341 e. The SMILES string of the molecule is COC(=O)C[C@@H]1[C@](C)([C@@H](OC(C)=O)c2ccoc2)CC[C@@]23O[C@@]4(C)O[C@@]12[C@H](OC(C)=O)[C@@]1(OC(C)=O)[C@@H](OC(=O)[C@]2(C)O[C@H]2C)[C@]2(C)C[C@@]1(O4)[C@]31COC(=O)C[C@@H]21. The van der Waals surface area contributed by atoms with Gasteiger partial charge in [0, 0.05) is 56.4 Å². The number of hydrogen-bond acceptors (Lipinski definition) is 17. The summed E-state index contributed by atoms with van der Waals surface area (Å²) in [7, 11) is 1.22. The standard InChI is InChI=1S/C40H48O17/c1-19-34(7,53-19)31(46)52-29-33(6)17-38-36(18-49-27(45)14-24(33)36)37-12-11-32(5,28(50-20(2)41)23-10-13-48-16-23)25(15-26(44)47-9)39(37,57-35(8,55-37)56-38)30(51-21(3)42)40(29,38)54-22(4)43/h10,13,16,19,24-25,28-30H,11-12,14-15,17-18H2,1-9H3/t19-,24-,25+,28-,29-,30-,32+,33+,34+,35+,36-,37-,38+,39+,40-/m0/s1. The molecule has 0 radical (unpaired) electrons. The highest BCUT2D eigenvalue weighted by Gasteiger charge is 3.06. The van der Waals surface area contributed by atoms with Crippen molar-refractivity contribution in [3.8, 4) is 0 Å². The van der Waals surface area contributed by atoms with Crippen LogP contribution in [-0.2, 0) is 76.1 Å². The van der Waals surface area contributed by atoms with Crippen LogP contribution in [0, 0.1) is 28.1 Å². The molecule has 17 heteroatoms. The van der Waals surface area contributed by atoms with Crippen molar-refractivity contribution in [2.24, 2.45) is 28.1 Å². The van der Waals surface area contributed by atoms with Crippen molar-refractivity contribution >= 4 is 35.8 Å². The van der Waals surface area contributed by atoms with E-state index in [-0.39, 0.29) is 32.3 Å². The lowest BCUT2D eigenvalue weighted by Gasteiger charge is -2.77. The Labute approximate surface area is 327 Å². The van der Waals surface area contributed by atoms with E-state index in [4.69, 9.17) is 51.8 Å². The summed E-state index contributed by atoms with van der Waals surface area (Å²) < 4.78 is 70.2. The molecule has 17 nitrogen and oxygen atoms in total. The number of fused-ring (bicyclic) bond motifs is 3. The minimum absolute atomic E-state index is 0.0294. The molecule has 310 valence electrons. The first kappa shape index (κ1) is 38.5. The molecule has 4 aliphatic heterocycles. The third kappa shape index (κ3) is 4.18. The second kappa shape index (κ2) is 11.4. The number of hydrogen-bond donors (Lipinski definition) is 0. The zero-order valence-corrected chi connectivity index (χ0v) is 33.4. The number of ether oxygens (including phenoxy) is 10. The van der Waals surface area contributed by atoms with Gasteiger partial charge in [-0.05, 0) is 45.1 Å². The molecule has 1 aromatic heterocycles. The van der Waals surface area contributed by atoms with E-state index in [0.717, 1.165) is 0 Å². The number of epoxide rings is 1. The number of cyclic esters (lactones) is 1. The maximum Gasteiger partial charge on any atom is 0.341 e. The number of rotatable bonds is 9. The molecule has 0 aromatic carbocycles. The predicted molar refractivity (Wildman–Crippen MR) is 184 cm³/mol. The summed E-state index contributed by atoms with van der Waals surface area (Å²) >= 11 is 0. The number of methoxy groups -OCH3 is 1. The van der Waals surface area contributed by atoms with Crippen molar-refractivity contribution < 1.29 is 80.6 Å². The number of carbonyl (C=O) groups is 6. The molecule has 0 amide bonds. The Morgan fingerprint density at radius 1 is 0.912 bits per heavy atom. The molecule has 8 aliphatic rings. The summed E-state index contributed by atoms with van der Waals surface area (Å²) in [6.45, 7) is 11.8. The lowest BCUT2D eigenvalue weighted by molar-refractivity contribution is -0.485. The molecule has 5 heterocycles. The first-order chi connectivity index (χ1) is 26.6. The van der Waals surface area contributed by atoms with Crippen molar-refractivity contribution in [3.63, 3.8) is 0 Å². The highest BCUT2D eigenvalue weighted by atomic mass is 16.9. The third-order valence-electron chi connectivity index (χ3n) is 15.4. The predicted octanol–water partition coefficient (Wildman–Crippen LogP) is 3.14. The van der Waals surface area contributed by atoms with Crippen LogP contribution in [0.1, 0.15) is 99.2 Å². The van der Waals surface area contributed by atoms with Crippen molar-refractivity contribution in [2.75, 3.05) is 13.7 Å². The van der Waals surface area contributed by atoms with E-state index in [1.165, 1.54) is 40.4 Å². The van der Waals surface area contributed by atoms with Gasteiger partial charge in [0.1, 0.15) is 29.5 Å². The van der Waals surface area contributed by atoms with E-state index in [2.05, 4.69) is 0 Å². The Balaban J connectivity index is 1.40. The summed E-state index contributed by atoms with van der Waals surface area (Å²) in [5.41, 5.74) is -12.5. The zero-order valence-electron chi connectivity index (χ0n) is 33.4. The molecule has 0 unspecified atom stereocenters. The molecule has 3 spiro atoms. The lowest BCUT2D eigenvalue weighted by Crippen LogP contribution is -2.95. The zero-order chi connectivity index (χ0) is 41.1. The number of esters is 6. The van der Waals surface area contributed by atoms with Crippen LogP contribution in [0.25, 0.3) is 0 Å². The Bertz CT molecular complexity index is 2000. The van der Waals surface area contributed by atoms with Gasteiger partial charge in [0.25, 0.3) is 5.97 Å². The largest absolute Gasteiger partial charge is 0.472 e. The van der Waals surface area contributed by atoms with Gasteiger partial charge in [0.2, 0.25) is 5.60 Å². The van der Waals surface area contributed by atoms with Gasteiger partial charge in [-0.3, -0.25) is 24.0 Å². The highest BCUT2D eigenvalue weighted by Crippen LogP contribution is 2.90. The minimum atomic E-state index is -2.23. The van der Waals surface area contributed by atoms with Crippen molar-refractivity contribution in [1.29, 1.82) is 0 Å². The summed E-state index contributed by atoms with van der Waals surface area (Å²) in [4.78, 5) is 82.4. The fourth-order valence-electron chi connectivity index (χ4n) is 13.6. The molecule has 4 saturated carbocycles. The van der Waals surface area contributed by atoms with Crippen LogP contribution in [0.3, 0.4) is 0 Å². The summed E-state index contributed by atoms with van der Waals surface area (Å²) in [6, 6.07) is 1.64. The van der Waals surface area contributed by atoms with Crippen molar-refractivity contribution in [2.45, 2.75) is 146 Å². The first-order valence-corrected chi connectivity index (χ1v) is 19.4. The van der Waals surface area contributed by atoms with Gasteiger partial charge >= 0.3 is 35.8 Å². The summed E-state index contributed by atoms with van der Waals surface area (Å²) in [6.07, 6.45) is -2.21. The Kier molecular flexibility index (Phi) is 7.66. The molecule has 4 aliphatic carbocycles. The highest BCUT2D eigenvalue weighted by molar-refractivity contribution is 5.83. The van der Waals surface area contributed by atoms with Crippen LogP contribution in [0.15, 0.2) is 23.0 Å². The lowest BCUT2D eigenvalue weighted by atomic mass is 9.33. The number of furan rings is 1. The average molecular weight is 801 g/mol. The van der Waals surface area contributed by atoms with Crippen LogP contribution in [-0.4, -0.2) is 102 Å². The summed E-state index contributed by atoms with van der Waals surface area (Å²) in [5.74, 6) is -8.18. The molecule has 0 N–H and O–H groups in total. The molecule has 15 atom stereocenters. The van der Waals surface area contributed by atoms with Gasteiger partial charge < -0.3 is 51.8 Å². The van der Waals surface area contributed by atoms with Crippen LogP contribution >= 0.6 is 0 Å². The van der Waals surface area contributed by atoms with E-state index in [1.807, 2.05) is 13.8 Å². The van der Waals surface area contributed by atoms with Crippen LogP contribution in [0.5, 0.6) is 0 Å². The molecular formula is C40H48O17. The second-order valence-electron chi connectivity index (χ2n) is 18.1. The fourth-order valence-corrected chi connectivity index (χ4v) is 13.6. The van der Waals surface area contributed by atoms with E-state index in [9.17, 15) is 28.8 Å². The van der Waals surface area contributed by atoms with Gasteiger partial charge in [-0.2, -0.15) is 0 Å². The second-order valence-corrected chi connectivity index (χ2v) is 18.1. The molecule has 8 fully saturated rings. The van der Waals surface area contributed by atoms with Gasteiger partial charge in [0.15, 0.2) is 17.8 Å². The third-order valence-corrected chi connectivity index (χ3v) is 15.4. The van der Waals surface area contributed by atoms with E-state index < -0.39 is 129 Å². The topological polar surface area (TPSA) is 211 Å². The maximum atomic E-state index is 14.3. The van der Waals surface area contributed by atoms with Crippen molar-refractivity contribution in [1.82, 2.24) is 0 Å². The number of carbonyl (C=O) groups excluding carboxylic acids is 6. The summed E-state index contributed by atoms with van der Waals surface area (Å²) in [5, 5.41) is 0. The molecular weight excluding hydrogens is 752 g/mol. The van der Waals surface area contributed by atoms with E-state index >= 15 is 0 Å². The monoisotopic (exact) mass is 800 g/mol. The molecule has 4 saturated heterocycles. The van der Waals surface area contributed by atoms with Crippen LogP contribution < -0.4 is 0 Å². The molecule has 1 aromatic rings. The van der Waals surface area contributed by atoms with Crippen molar-refractivity contribution in [3.05, 3.63) is 24.2 Å². The fraction of sp³-hybridized carbons (Fsp3) is 0.750. The average Bonchev–Trinajstić information content (AvgIpc) is 3.47. The van der Waals surface area contributed by atoms with E-state index in [1.54, 1.807) is 26.8 Å². The Morgan fingerprint density at radius 2 is 1.61 bits per heavy atom.